The van der Waals surface area contributed by atoms with Crippen LogP contribution in [0.3, 0.4) is 0 Å². The van der Waals surface area contributed by atoms with E-state index in [1.165, 1.54) is 12.1 Å². The summed E-state index contributed by atoms with van der Waals surface area (Å²) in [6, 6.07) is 11.5. The lowest BCUT2D eigenvalue weighted by Gasteiger charge is -2.09. The van der Waals surface area contributed by atoms with Crippen LogP contribution in [-0.2, 0) is 0 Å². The van der Waals surface area contributed by atoms with Crippen LogP contribution in [0.25, 0.3) is 11.1 Å². The molecular weight excluding hydrogens is 311 g/mol. The zero-order chi connectivity index (χ0) is 16.9. The molecule has 0 aliphatic carbocycles. The number of halogens is 1. The highest BCUT2D eigenvalue weighted by molar-refractivity contribution is 5.61. The maximum Gasteiger partial charge on any atom is 0.321 e. The van der Waals surface area contributed by atoms with Crippen molar-refractivity contribution >= 4 is 0 Å². The van der Waals surface area contributed by atoms with Crippen molar-refractivity contribution in [2.75, 3.05) is 14.2 Å². The summed E-state index contributed by atoms with van der Waals surface area (Å²) in [5, 5.41) is 0. The van der Waals surface area contributed by atoms with Gasteiger partial charge in [0.25, 0.3) is 0 Å². The van der Waals surface area contributed by atoms with Crippen LogP contribution in [0.15, 0.2) is 54.9 Å². The number of hydrogen-bond acceptors (Lipinski definition) is 5. The SMILES string of the molecule is COc1cc(OC)cc(Oc2ncc(-c3ccc(F)cc3)cn2)c1. The molecule has 1 aromatic heterocycles. The third-order valence-corrected chi connectivity index (χ3v) is 3.34. The monoisotopic (exact) mass is 326 g/mol. The van der Waals surface area contributed by atoms with E-state index in [0.717, 1.165) is 11.1 Å². The highest BCUT2D eigenvalue weighted by Crippen LogP contribution is 2.30. The molecule has 0 unspecified atom stereocenters. The van der Waals surface area contributed by atoms with Crippen molar-refractivity contribution in [2.24, 2.45) is 0 Å². The second-order valence-electron chi connectivity index (χ2n) is 4.91. The predicted octanol–water partition coefficient (Wildman–Crippen LogP) is 4.09. The molecule has 0 radical (unpaired) electrons. The van der Waals surface area contributed by atoms with Crippen molar-refractivity contribution in [3.63, 3.8) is 0 Å². The fraction of sp³-hybridized carbons (Fsp3) is 0.111. The third kappa shape index (κ3) is 3.60. The molecule has 5 nitrogen and oxygen atoms in total. The van der Waals surface area contributed by atoms with Gasteiger partial charge in [0.1, 0.15) is 23.1 Å². The molecule has 0 amide bonds. The highest BCUT2D eigenvalue weighted by atomic mass is 19.1. The molecular formula is C18H15FN2O3. The van der Waals surface area contributed by atoms with E-state index >= 15 is 0 Å². The van der Waals surface area contributed by atoms with E-state index in [1.54, 1.807) is 56.9 Å². The van der Waals surface area contributed by atoms with Crippen molar-refractivity contribution in [3.8, 4) is 34.4 Å². The summed E-state index contributed by atoms with van der Waals surface area (Å²) in [6.07, 6.45) is 3.24. The summed E-state index contributed by atoms with van der Waals surface area (Å²) < 4.78 is 29.0. The van der Waals surface area contributed by atoms with E-state index < -0.39 is 0 Å². The Hall–Kier alpha value is -3.15. The standard InChI is InChI=1S/C18H15FN2O3/c1-22-15-7-16(23-2)9-17(8-15)24-18-20-10-13(11-21-18)12-3-5-14(19)6-4-12/h3-11H,1-2H3. The Morgan fingerprint density at radius 1 is 0.750 bits per heavy atom. The average Bonchev–Trinajstić information content (AvgIpc) is 2.62. The molecule has 24 heavy (non-hydrogen) atoms. The van der Waals surface area contributed by atoms with Crippen LogP contribution in [0.4, 0.5) is 4.39 Å². The summed E-state index contributed by atoms with van der Waals surface area (Å²) in [7, 11) is 3.12. The lowest BCUT2D eigenvalue weighted by atomic mass is 10.1. The van der Waals surface area contributed by atoms with Gasteiger partial charge in [-0.15, -0.1) is 0 Å². The minimum Gasteiger partial charge on any atom is -0.496 e. The Kier molecular flexibility index (Phi) is 4.56. The fourth-order valence-corrected chi connectivity index (χ4v) is 2.11. The molecule has 2 aromatic carbocycles. The van der Waals surface area contributed by atoms with Gasteiger partial charge in [0.2, 0.25) is 0 Å². The first-order valence-electron chi connectivity index (χ1n) is 7.17. The van der Waals surface area contributed by atoms with Crippen LogP contribution < -0.4 is 14.2 Å². The molecule has 0 saturated carbocycles. The van der Waals surface area contributed by atoms with E-state index in [4.69, 9.17) is 14.2 Å². The average molecular weight is 326 g/mol. The Morgan fingerprint density at radius 3 is 1.83 bits per heavy atom. The lowest BCUT2D eigenvalue weighted by Crippen LogP contribution is -1.94. The Labute approximate surface area is 138 Å². The molecule has 0 aliphatic rings. The van der Waals surface area contributed by atoms with Crippen LogP contribution in [-0.4, -0.2) is 24.2 Å². The molecule has 122 valence electrons. The van der Waals surface area contributed by atoms with Gasteiger partial charge in [-0.2, -0.15) is 0 Å². The van der Waals surface area contributed by atoms with Crippen LogP contribution >= 0.6 is 0 Å². The minimum atomic E-state index is -0.286. The van der Waals surface area contributed by atoms with Gasteiger partial charge in [-0.05, 0) is 17.7 Å². The highest BCUT2D eigenvalue weighted by Gasteiger charge is 2.07. The zero-order valence-electron chi connectivity index (χ0n) is 13.2. The van der Waals surface area contributed by atoms with Crippen molar-refractivity contribution in [1.29, 1.82) is 0 Å². The van der Waals surface area contributed by atoms with E-state index in [0.29, 0.717) is 17.2 Å². The van der Waals surface area contributed by atoms with E-state index in [-0.39, 0.29) is 11.8 Å². The number of benzene rings is 2. The number of aromatic nitrogens is 2. The van der Waals surface area contributed by atoms with Crippen molar-refractivity contribution < 1.29 is 18.6 Å². The molecule has 0 atom stereocenters. The maximum absolute atomic E-state index is 13.0. The van der Waals surface area contributed by atoms with Crippen LogP contribution in [0.1, 0.15) is 0 Å². The van der Waals surface area contributed by atoms with Gasteiger partial charge in [0.05, 0.1) is 14.2 Å². The largest absolute Gasteiger partial charge is 0.496 e. The summed E-state index contributed by atoms with van der Waals surface area (Å²) in [5.41, 5.74) is 1.59. The third-order valence-electron chi connectivity index (χ3n) is 3.34. The first-order chi connectivity index (χ1) is 11.7. The van der Waals surface area contributed by atoms with Gasteiger partial charge >= 0.3 is 6.01 Å². The van der Waals surface area contributed by atoms with E-state index in [2.05, 4.69) is 9.97 Å². The molecule has 0 saturated heterocycles. The Bertz CT molecular complexity index is 798. The second kappa shape index (κ2) is 6.95. The topological polar surface area (TPSA) is 53.5 Å². The molecule has 0 fully saturated rings. The number of rotatable bonds is 5. The van der Waals surface area contributed by atoms with E-state index in [9.17, 15) is 4.39 Å². The molecule has 1 heterocycles. The molecule has 6 heteroatoms. The first kappa shape index (κ1) is 15.7. The summed E-state index contributed by atoms with van der Waals surface area (Å²) in [4.78, 5) is 8.35. The fourth-order valence-electron chi connectivity index (χ4n) is 2.11. The summed E-state index contributed by atoms with van der Waals surface area (Å²) in [5.74, 6) is 1.42. The smallest absolute Gasteiger partial charge is 0.321 e. The van der Waals surface area contributed by atoms with Gasteiger partial charge in [-0.1, -0.05) is 12.1 Å². The van der Waals surface area contributed by atoms with Gasteiger partial charge < -0.3 is 14.2 Å². The van der Waals surface area contributed by atoms with Gasteiger partial charge in [-0.25, -0.2) is 14.4 Å². The van der Waals surface area contributed by atoms with Crippen LogP contribution in [0.5, 0.6) is 23.3 Å². The molecule has 3 aromatic rings. The van der Waals surface area contributed by atoms with Gasteiger partial charge in [-0.3, -0.25) is 0 Å². The quantitative estimate of drug-likeness (QED) is 0.707. The molecule has 0 spiro atoms. The van der Waals surface area contributed by atoms with Crippen molar-refractivity contribution in [2.45, 2.75) is 0 Å². The Morgan fingerprint density at radius 2 is 1.29 bits per heavy atom. The van der Waals surface area contributed by atoms with Gasteiger partial charge in [0.15, 0.2) is 0 Å². The number of nitrogens with zero attached hydrogens (tertiary/aromatic N) is 2. The predicted molar refractivity (Wildman–Crippen MR) is 87.0 cm³/mol. The molecule has 3 rings (SSSR count). The Balaban J connectivity index is 1.80. The van der Waals surface area contributed by atoms with Crippen molar-refractivity contribution in [1.82, 2.24) is 9.97 Å². The van der Waals surface area contributed by atoms with Crippen LogP contribution in [0.2, 0.25) is 0 Å². The zero-order valence-corrected chi connectivity index (χ0v) is 13.2. The van der Waals surface area contributed by atoms with Crippen molar-refractivity contribution in [3.05, 3.63) is 60.7 Å². The molecule has 0 N–H and O–H groups in total. The minimum absolute atomic E-state index is 0.191. The number of methoxy groups -OCH3 is 2. The van der Waals surface area contributed by atoms with Crippen LogP contribution in [0, 0.1) is 5.82 Å². The maximum atomic E-state index is 13.0. The van der Waals surface area contributed by atoms with E-state index in [1.807, 2.05) is 0 Å². The summed E-state index contributed by atoms with van der Waals surface area (Å²) >= 11 is 0. The summed E-state index contributed by atoms with van der Waals surface area (Å²) in [6.45, 7) is 0. The number of ether oxygens (including phenoxy) is 3. The molecule has 0 bridgehead atoms. The normalized spacial score (nSPS) is 10.3. The number of hydrogen-bond donors (Lipinski definition) is 0. The second-order valence-corrected chi connectivity index (χ2v) is 4.91. The lowest BCUT2D eigenvalue weighted by molar-refractivity contribution is 0.382. The molecule has 0 aliphatic heterocycles. The van der Waals surface area contributed by atoms with Gasteiger partial charge in [0, 0.05) is 36.2 Å². The first-order valence-corrected chi connectivity index (χ1v) is 7.17.